The van der Waals surface area contributed by atoms with Gasteiger partial charge in [-0.25, -0.2) is 0 Å². The lowest BCUT2D eigenvalue weighted by Crippen LogP contribution is -2.57. The number of nitrogens with one attached hydrogen (secondary N) is 2. The summed E-state index contributed by atoms with van der Waals surface area (Å²) in [6, 6.07) is 37.4. The van der Waals surface area contributed by atoms with Crippen LogP contribution in [0.4, 0.5) is 0 Å². The van der Waals surface area contributed by atoms with Gasteiger partial charge in [-0.05, 0) is 22.3 Å². The zero-order valence-corrected chi connectivity index (χ0v) is 23.1. The minimum atomic E-state index is -0.405. The standard InChI is InChI=1S/C34H32N4O4/c39-29(35-33(25-13-5-1-6-14-25)26-15-7-2-8-16-26)21-37-23-32(42)38(24-31(37)41)22-30(40)36-34(27-17-9-3-10-18-27)28-19-11-4-12-20-28/h1-20,33-34H,21-24H2,(H,35,39)(H,36,40). The Hall–Kier alpha value is -5.24. The van der Waals surface area contributed by atoms with Crippen LogP contribution in [0.25, 0.3) is 0 Å². The molecule has 0 aliphatic carbocycles. The molecule has 0 aromatic heterocycles. The first-order chi connectivity index (χ1) is 20.5. The summed E-state index contributed by atoms with van der Waals surface area (Å²) in [6.07, 6.45) is 0. The molecule has 42 heavy (non-hydrogen) atoms. The first-order valence-corrected chi connectivity index (χ1v) is 13.8. The summed E-state index contributed by atoms with van der Waals surface area (Å²) in [6.45, 7) is -1.07. The maximum Gasteiger partial charge on any atom is 0.243 e. The van der Waals surface area contributed by atoms with Crippen molar-refractivity contribution in [2.45, 2.75) is 12.1 Å². The second-order valence-electron chi connectivity index (χ2n) is 10.1. The molecule has 1 heterocycles. The monoisotopic (exact) mass is 560 g/mol. The second kappa shape index (κ2) is 13.4. The predicted octanol–water partition coefficient (Wildman–Crippen LogP) is 3.47. The topological polar surface area (TPSA) is 98.8 Å². The van der Waals surface area contributed by atoms with E-state index in [1.165, 1.54) is 9.80 Å². The maximum absolute atomic E-state index is 13.1. The zero-order valence-electron chi connectivity index (χ0n) is 23.1. The Labute approximate surface area is 245 Å². The van der Waals surface area contributed by atoms with Crippen LogP contribution in [0.1, 0.15) is 34.3 Å². The van der Waals surface area contributed by atoms with Gasteiger partial charge in [0.05, 0.1) is 12.1 Å². The molecular weight excluding hydrogens is 528 g/mol. The third kappa shape index (κ3) is 7.09. The first-order valence-electron chi connectivity index (χ1n) is 13.8. The SMILES string of the molecule is O=C(CN1CC(=O)N(CC(=O)NC(c2ccccc2)c2ccccc2)CC1=O)NC(c1ccccc1)c1ccccc1. The number of hydrogen-bond acceptors (Lipinski definition) is 4. The molecule has 1 saturated heterocycles. The van der Waals surface area contributed by atoms with Crippen LogP contribution in [-0.4, -0.2) is 59.6 Å². The van der Waals surface area contributed by atoms with Gasteiger partial charge in [0.1, 0.15) is 26.2 Å². The molecule has 0 bridgehead atoms. The molecule has 0 saturated carbocycles. The van der Waals surface area contributed by atoms with Crippen molar-refractivity contribution in [3.8, 4) is 0 Å². The van der Waals surface area contributed by atoms with E-state index in [1.807, 2.05) is 121 Å². The van der Waals surface area contributed by atoms with Crippen molar-refractivity contribution in [3.63, 3.8) is 0 Å². The fourth-order valence-electron chi connectivity index (χ4n) is 5.05. The molecule has 0 spiro atoms. The van der Waals surface area contributed by atoms with E-state index >= 15 is 0 Å². The molecule has 212 valence electrons. The van der Waals surface area contributed by atoms with Crippen LogP contribution in [0.15, 0.2) is 121 Å². The molecule has 1 aliphatic rings. The summed E-state index contributed by atoms with van der Waals surface area (Å²) < 4.78 is 0. The fraction of sp³-hybridized carbons (Fsp3) is 0.176. The van der Waals surface area contributed by atoms with Gasteiger partial charge in [0.25, 0.3) is 0 Å². The van der Waals surface area contributed by atoms with E-state index in [4.69, 9.17) is 0 Å². The highest BCUT2D eigenvalue weighted by molar-refractivity contribution is 5.97. The lowest BCUT2D eigenvalue weighted by atomic mass is 9.98. The fourth-order valence-corrected chi connectivity index (χ4v) is 5.05. The van der Waals surface area contributed by atoms with Crippen molar-refractivity contribution in [1.82, 2.24) is 20.4 Å². The van der Waals surface area contributed by atoms with Crippen molar-refractivity contribution < 1.29 is 19.2 Å². The highest BCUT2D eigenvalue weighted by Gasteiger charge is 2.33. The van der Waals surface area contributed by atoms with Gasteiger partial charge < -0.3 is 20.4 Å². The quantitative estimate of drug-likeness (QED) is 0.310. The van der Waals surface area contributed by atoms with Crippen molar-refractivity contribution in [1.29, 1.82) is 0 Å². The number of carbonyl (C=O) groups excluding carboxylic acids is 4. The molecule has 0 radical (unpaired) electrons. The molecule has 5 rings (SSSR count). The summed E-state index contributed by atoms with van der Waals surface area (Å²) in [4.78, 5) is 54.6. The summed E-state index contributed by atoms with van der Waals surface area (Å²) in [5.74, 6) is -1.55. The van der Waals surface area contributed by atoms with Crippen LogP contribution < -0.4 is 10.6 Å². The van der Waals surface area contributed by atoms with Gasteiger partial charge in [-0.3, -0.25) is 19.2 Å². The molecule has 0 unspecified atom stereocenters. The van der Waals surface area contributed by atoms with Gasteiger partial charge in [0.15, 0.2) is 0 Å². The van der Waals surface area contributed by atoms with Gasteiger partial charge >= 0.3 is 0 Å². The van der Waals surface area contributed by atoms with E-state index in [2.05, 4.69) is 10.6 Å². The normalized spacial score (nSPS) is 13.4. The van der Waals surface area contributed by atoms with Crippen LogP contribution in [0.5, 0.6) is 0 Å². The number of hydrogen-bond donors (Lipinski definition) is 2. The van der Waals surface area contributed by atoms with Crippen LogP contribution in [0.3, 0.4) is 0 Å². The number of nitrogens with zero attached hydrogens (tertiary/aromatic N) is 2. The van der Waals surface area contributed by atoms with Crippen LogP contribution in [-0.2, 0) is 19.2 Å². The minimum Gasteiger partial charge on any atom is -0.344 e. The number of carbonyl (C=O) groups is 4. The van der Waals surface area contributed by atoms with Crippen molar-refractivity contribution >= 4 is 23.6 Å². The van der Waals surface area contributed by atoms with E-state index in [1.54, 1.807) is 0 Å². The van der Waals surface area contributed by atoms with E-state index in [0.717, 1.165) is 22.3 Å². The van der Waals surface area contributed by atoms with Gasteiger partial charge in [-0.1, -0.05) is 121 Å². The van der Waals surface area contributed by atoms with Gasteiger partial charge in [0.2, 0.25) is 23.6 Å². The second-order valence-corrected chi connectivity index (χ2v) is 10.1. The average molecular weight is 561 g/mol. The molecule has 4 aromatic carbocycles. The Morgan fingerprint density at radius 1 is 0.500 bits per heavy atom. The number of amides is 4. The van der Waals surface area contributed by atoms with Gasteiger partial charge in [-0.2, -0.15) is 0 Å². The Balaban J connectivity index is 1.20. The summed E-state index contributed by atoms with van der Waals surface area (Å²) in [5, 5.41) is 6.01. The molecule has 4 aromatic rings. The van der Waals surface area contributed by atoms with Crippen molar-refractivity contribution in [2.24, 2.45) is 0 Å². The van der Waals surface area contributed by atoms with E-state index in [0.29, 0.717) is 0 Å². The number of piperazine rings is 1. The molecular formula is C34H32N4O4. The van der Waals surface area contributed by atoms with E-state index < -0.39 is 23.9 Å². The smallest absolute Gasteiger partial charge is 0.243 e. The number of rotatable bonds is 10. The van der Waals surface area contributed by atoms with Gasteiger partial charge in [0, 0.05) is 0 Å². The zero-order chi connectivity index (χ0) is 29.3. The third-order valence-corrected chi connectivity index (χ3v) is 7.17. The van der Waals surface area contributed by atoms with E-state index in [9.17, 15) is 19.2 Å². The molecule has 8 heteroatoms. The maximum atomic E-state index is 13.1. The van der Waals surface area contributed by atoms with Crippen LogP contribution in [0, 0.1) is 0 Å². The Bertz CT molecular complexity index is 1320. The summed E-state index contributed by atoms with van der Waals surface area (Å²) in [5.41, 5.74) is 3.61. The molecule has 2 N–H and O–H groups in total. The summed E-state index contributed by atoms with van der Waals surface area (Å²) in [7, 11) is 0. The molecule has 1 aliphatic heterocycles. The molecule has 8 nitrogen and oxygen atoms in total. The van der Waals surface area contributed by atoms with E-state index in [-0.39, 0.29) is 38.0 Å². The Morgan fingerprint density at radius 2 is 0.762 bits per heavy atom. The first kappa shape index (κ1) is 28.3. The van der Waals surface area contributed by atoms with Crippen LogP contribution >= 0.6 is 0 Å². The Kier molecular flexibility index (Phi) is 9.03. The highest BCUT2D eigenvalue weighted by atomic mass is 16.2. The third-order valence-electron chi connectivity index (χ3n) is 7.17. The lowest BCUT2D eigenvalue weighted by molar-refractivity contribution is -0.152. The van der Waals surface area contributed by atoms with Crippen molar-refractivity contribution in [3.05, 3.63) is 144 Å². The summed E-state index contributed by atoms with van der Waals surface area (Å²) >= 11 is 0. The lowest BCUT2D eigenvalue weighted by Gasteiger charge is -2.34. The average Bonchev–Trinajstić information content (AvgIpc) is 3.03. The highest BCUT2D eigenvalue weighted by Crippen LogP contribution is 2.23. The van der Waals surface area contributed by atoms with Crippen molar-refractivity contribution in [2.75, 3.05) is 26.2 Å². The molecule has 4 amide bonds. The molecule has 0 atom stereocenters. The largest absolute Gasteiger partial charge is 0.344 e. The Morgan fingerprint density at radius 3 is 1.02 bits per heavy atom. The number of benzene rings is 4. The predicted molar refractivity (Wildman–Crippen MR) is 159 cm³/mol. The molecule has 1 fully saturated rings. The van der Waals surface area contributed by atoms with Gasteiger partial charge in [-0.15, -0.1) is 0 Å². The van der Waals surface area contributed by atoms with Crippen LogP contribution in [0.2, 0.25) is 0 Å². The minimum absolute atomic E-state index is 0.259.